The maximum absolute atomic E-state index is 4.72. The summed E-state index contributed by atoms with van der Waals surface area (Å²) in [6.45, 7) is 4.53. The quantitative estimate of drug-likeness (QED) is 0.881. The summed E-state index contributed by atoms with van der Waals surface area (Å²) in [6, 6.07) is 2.84. The lowest BCUT2D eigenvalue weighted by Crippen LogP contribution is -2.25. The molecule has 2 heterocycles. The highest BCUT2D eigenvalue weighted by Crippen LogP contribution is 2.28. The van der Waals surface area contributed by atoms with Gasteiger partial charge in [0.05, 0.1) is 11.7 Å². The molecule has 1 atom stereocenters. The molecule has 3 rings (SSSR count). The van der Waals surface area contributed by atoms with E-state index in [2.05, 4.69) is 34.2 Å². The second-order valence-electron chi connectivity index (χ2n) is 6.27. The standard InChI is InChI=1S/C15H26N4/c1-18-8-6-13(12-18)10-16-11-14-7-9-19(17-14)15-4-2-3-5-15/h7,9,13,15-16H,2-6,8,10-12H2,1H3. The fourth-order valence-electron chi connectivity index (χ4n) is 3.44. The van der Waals surface area contributed by atoms with Crippen molar-refractivity contribution >= 4 is 0 Å². The van der Waals surface area contributed by atoms with Crippen LogP contribution in [-0.2, 0) is 6.54 Å². The van der Waals surface area contributed by atoms with Crippen LogP contribution in [0.4, 0.5) is 0 Å². The van der Waals surface area contributed by atoms with E-state index in [9.17, 15) is 0 Å². The molecule has 1 aromatic rings. The lowest BCUT2D eigenvalue weighted by Gasteiger charge is -2.11. The Morgan fingerprint density at radius 1 is 1.32 bits per heavy atom. The van der Waals surface area contributed by atoms with Gasteiger partial charge < -0.3 is 10.2 Å². The van der Waals surface area contributed by atoms with Gasteiger partial charge in [-0.1, -0.05) is 12.8 Å². The molecule has 0 amide bonds. The molecule has 0 aromatic carbocycles. The van der Waals surface area contributed by atoms with Gasteiger partial charge in [0.1, 0.15) is 0 Å². The van der Waals surface area contributed by atoms with Gasteiger partial charge in [0.2, 0.25) is 0 Å². The summed E-state index contributed by atoms with van der Waals surface area (Å²) in [5.74, 6) is 0.821. The minimum absolute atomic E-state index is 0.664. The third-order valence-electron chi connectivity index (χ3n) is 4.59. The van der Waals surface area contributed by atoms with Crippen molar-refractivity contribution in [2.24, 2.45) is 5.92 Å². The number of rotatable bonds is 5. The van der Waals surface area contributed by atoms with Crippen LogP contribution in [0.15, 0.2) is 12.3 Å². The van der Waals surface area contributed by atoms with Gasteiger partial charge >= 0.3 is 0 Å². The molecule has 2 fully saturated rings. The molecule has 106 valence electrons. The number of nitrogens with one attached hydrogen (secondary N) is 1. The molecule has 0 radical (unpaired) electrons. The maximum atomic E-state index is 4.72. The van der Waals surface area contributed by atoms with Crippen molar-refractivity contribution in [2.45, 2.75) is 44.7 Å². The van der Waals surface area contributed by atoms with E-state index >= 15 is 0 Å². The van der Waals surface area contributed by atoms with Crippen molar-refractivity contribution < 1.29 is 0 Å². The van der Waals surface area contributed by atoms with Crippen molar-refractivity contribution in [3.8, 4) is 0 Å². The zero-order valence-electron chi connectivity index (χ0n) is 12.0. The van der Waals surface area contributed by atoms with Crippen molar-refractivity contribution in [2.75, 3.05) is 26.7 Å². The van der Waals surface area contributed by atoms with E-state index in [4.69, 9.17) is 5.10 Å². The molecule has 1 saturated heterocycles. The molecule has 1 aliphatic heterocycles. The van der Waals surface area contributed by atoms with Gasteiger partial charge in [-0.05, 0) is 51.4 Å². The topological polar surface area (TPSA) is 33.1 Å². The van der Waals surface area contributed by atoms with Crippen LogP contribution in [0.3, 0.4) is 0 Å². The Labute approximate surface area is 116 Å². The fourth-order valence-corrected chi connectivity index (χ4v) is 3.44. The Balaban J connectivity index is 1.42. The molecule has 19 heavy (non-hydrogen) atoms. The number of nitrogens with zero attached hydrogens (tertiary/aromatic N) is 3. The first kappa shape index (κ1) is 13.1. The Morgan fingerprint density at radius 3 is 2.89 bits per heavy atom. The van der Waals surface area contributed by atoms with Crippen LogP contribution in [0.5, 0.6) is 0 Å². The molecule has 1 unspecified atom stereocenters. The third kappa shape index (κ3) is 3.37. The summed E-state index contributed by atoms with van der Waals surface area (Å²) >= 11 is 0. The number of likely N-dealkylation sites (tertiary alicyclic amines) is 1. The average molecular weight is 262 g/mol. The van der Waals surface area contributed by atoms with Crippen LogP contribution in [0.1, 0.15) is 43.8 Å². The summed E-state index contributed by atoms with van der Waals surface area (Å²) in [5, 5.41) is 8.28. The molecule has 1 aliphatic carbocycles. The van der Waals surface area contributed by atoms with E-state index in [1.54, 1.807) is 0 Å². The predicted octanol–water partition coefficient (Wildman–Crippen LogP) is 2.04. The van der Waals surface area contributed by atoms with E-state index in [0.29, 0.717) is 6.04 Å². The van der Waals surface area contributed by atoms with Crippen molar-refractivity contribution in [1.29, 1.82) is 0 Å². The van der Waals surface area contributed by atoms with Crippen LogP contribution in [-0.4, -0.2) is 41.4 Å². The SMILES string of the molecule is CN1CCC(CNCc2ccn(C3CCCC3)n2)C1. The first-order valence-electron chi connectivity index (χ1n) is 7.74. The van der Waals surface area contributed by atoms with Gasteiger partial charge in [0, 0.05) is 19.3 Å². The van der Waals surface area contributed by atoms with Crippen LogP contribution in [0, 0.1) is 5.92 Å². The molecule has 4 heteroatoms. The molecule has 1 aromatic heterocycles. The molecule has 0 spiro atoms. The highest BCUT2D eigenvalue weighted by atomic mass is 15.3. The largest absolute Gasteiger partial charge is 0.311 e. The molecular formula is C15H26N4. The molecule has 1 N–H and O–H groups in total. The van der Waals surface area contributed by atoms with Gasteiger partial charge in [0.15, 0.2) is 0 Å². The maximum Gasteiger partial charge on any atom is 0.0762 e. The summed E-state index contributed by atoms with van der Waals surface area (Å²) < 4.78 is 2.19. The lowest BCUT2D eigenvalue weighted by molar-refractivity contribution is 0.387. The molecule has 2 aliphatic rings. The minimum atomic E-state index is 0.664. The average Bonchev–Trinajstić information content (AvgIpc) is 3.09. The second kappa shape index (κ2) is 6.06. The monoisotopic (exact) mass is 262 g/mol. The van der Waals surface area contributed by atoms with E-state index in [0.717, 1.165) is 19.0 Å². The van der Waals surface area contributed by atoms with Gasteiger partial charge in [-0.15, -0.1) is 0 Å². The van der Waals surface area contributed by atoms with Gasteiger partial charge in [-0.3, -0.25) is 4.68 Å². The number of hydrogen-bond donors (Lipinski definition) is 1. The molecule has 4 nitrogen and oxygen atoms in total. The Morgan fingerprint density at radius 2 is 2.16 bits per heavy atom. The van der Waals surface area contributed by atoms with E-state index < -0.39 is 0 Å². The Hall–Kier alpha value is -0.870. The normalized spacial score (nSPS) is 25.4. The van der Waals surface area contributed by atoms with Gasteiger partial charge in [-0.25, -0.2) is 0 Å². The minimum Gasteiger partial charge on any atom is -0.311 e. The molecular weight excluding hydrogens is 236 g/mol. The highest BCUT2D eigenvalue weighted by Gasteiger charge is 2.19. The van der Waals surface area contributed by atoms with E-state index in [1.807, 2.05) is 0 Å². The highest BCUT2D eigenvalue weighted by molar-refractivity contribution is 5.00. The summed E-state index contributed by atoms with van der Waals surface area (Å²) in [5.41, 5.74) is 1.19. The second-order valence-corrected chi connectivity index (χ2v) is 6.27. The Kier molecular flexibility index (Phi) is 4.18. The third-order valence-corrected chi connectivity index (χ3v) is 4.59. The number of aromatic nitrogens is 2. The van der Waals surface area contributed by atoms with Gasteiger partial charge in [0.25, 0.3) is 0 Å². The van der Waals surface area contributed by atoms with Gasteiger partial charge in [-0.2, -0.15) is 5.10 Å². The smallest absolute Gasteiger partial charge is 0.0762 e. The first-order chi connectivity index (χ1) is 9.31. The van der Waals surface area contributed by atoms with E-state index in [1.165, 1.54) is 50.9 Å². The van der Waals surface area contributed by atoms with Crippen molar-refractivity contribution in [3.05, 3.63) is 18.0 Å². The van der Waals surface area contributed by atoms with E-state index in [-0.39, 0.29) is 0 Å². The fraction of sp³-hybridized carbons (Fsp3) is 0.800. The van der Waals surface area contributed by atoms with Crippen LogP contribution in [0.25, 0.3) is 0 Å². The van der Waals surface area contributed by atoms with Crippen LogP contribution in [0.2, 0.25) is 0 Å². The van der Waals surface area contributed by atoms with Crippen LogP contribution >= 0.6 is 0 Å². The lowest BCUT2D eigenvalue weighted by atomic mass is 10.1. The predicted molar refractivity (Wildman–Crippen MR) is 77.0 cm³/mol. The zero-order chi connectivity index (χ0) is 13.1. The van der Waals surface area contributed by atoms with Crippen molar-refractivity contribution in [3.63, 3.8) is 0 Å². The van der Waals surface area contributed by atoms with Crippen molar-refractivity contribution in [1.82, 2.24) is 20.0 Å². The zero-order valence-corrected chi connectivity index (χ0v) is 12.0. The first-order valence-corrected chi connectivity index (χ1v) is 7.74. The van der Waals surface area contributed by atoms with Crippen LogP contribution < -0.4 is 5.32 Å². The number of hydrogen-bond acceptors (Lipinski definition) is 3. The molecule has 1 saturated carbocycles. The summed E-state index contributed by atoms with van der Waals surface area (Å²) in [7, 11) is 2.21. The summed E-state index contributed by atoms with van der Waals surface area (Å²) in [6.07, 6.45) is 8.85. The Bertz CT molecular complexity index is 395. The summed E-state index contributed by atoms with van der Waals surface area (Å²) in [4.78, 5) is 2.42. The molecule has 0 bridgehead atoms.